The predicted octanol–water partition coefficient (Wildman–Crippen LogP) is 2.11. The lowest BCUT2D eigenvalue weighted by Crippen LogP contribution is -1.97. The molecule has 0 aliphatic carbocycles. The van der Waals surface area contributed by atoms with Gasteiger partial charge in [0.1, 0.15) is 0 Å². The molecule has 0 saturated carbocycles. The normalized spacial score (nSPS) is 10.2. The summed E-state index contributed by atoms with van der Waals surface area (Å²) in [5, 5.41) is 11.4. The van der Waals surface area contributed by atoms with E-state index >= 15 is 0 Å². The van der Waals surface area contributed by atoms with Crippen molar-refractivity contribution in [3.8, 4) is 0 Å². The molecule has 0 atom stereocenters. The number of aliphatic carboxylic acids is 1. The van der Waals surface area contributed by atoms with Gasteiger partial charge in [-0.3, -0.25) is 4.79 Å². The quantitative estimate of drug-likeness (QED) is 0.790. The van der Waals surface area contributed by atoms with E-state index in [2.05, 4.69) is 11.9 Å². The van der Waals surface area contributed by atoms with Gasteiger partial charge in [-0.2, -0.15) is 0 Å². The molecule has 0 fully saturated rings. The molecule has 0 spiro atoms. The highest BCUT2D eigenvalue weighted by molar-refractivity contribution is 7.09. The highest BCUT2D eigenvalue weighted by atomic mass is 32.1. The molecule has 1 aromatic heterocycles. The molecule has 0 saturated heterocycles. The molecule has 0 radical (unpaired) electrons. The minimum Gasteiger partial charge on any atom is -0.481 e. The van der Waals surface area contributed by atoms with Gasteiger partial charge >= 0.3 is 5.97 Å². The third-order valence-electron chi connectivity index (χ3n) is 1.66. The van der Waals surface area contributed by atoms with Gasteiger partial charge in [0.15, 0.2) is 0 Å². The molecule has 0 unspecified atom stereocenters. The zero-order valence-electron chi connectivity index (χ0n) is 7.62. The first-order valence-electron chi connectivity index (χ1n) is 4.37. The number of hydrogen-bond acceptors (Lipinski definition) is 3. The molecule has 1 N–H and O–H groups in total. The van der Waals surface area contributed by atoms with Crippen molar-refractivity contribution in [3.05, 3.63) is 16.1 Å². The standard InChI is InChI=1S/C9H13NO2S/c1-2-3-7-6-13-8(10-7)4-5-9(11)12/h6H,2-5H2,1H3,(H,11,12). The lowest BCUT2D eigenvalue weighted by molar-refractivity contribution is -0.136. The van der Waals surface area contributed by atoms with E-state index in [-0.39, 0.29) is 6.42 Å². The SMILES string of the molecule is CCCc1csc(CCC(=O)O)n1. The Hall–Kier alpha value is -0.900. The van der Waals surface area contributed by atoms with Crippen LogP contribution in [0.1, 0.15) is 30.5 Å². The van der Waals surface area contributed by atoms with Gasteiger partial charge in [-0.05, 0) is 6.42 Å². The topological polar surface area (TPSA) is 50.2 Å². The van der Waals surface area contributed by atoms with E-state index in [4.69, 9.17) is 5.11 Å². The summed E-state index contributed by atoms with van der Waals surface area (Å²) in [4.78, 5) is 14.6. The summed E-state index contributed by atoms with van der Waals surface area (Å²) in [5.41, 5.74) is 1.09. The largest absolute Gasteiger partial charge is 0.481 e. The van der Waals surface area contributed by atoms with Crippen molar-refractivity contribution in [1.82, 2.24) is 4.98 Å². The number of carbonyl (C=O) groups is 1. The summed E-state index contributed by atoms with van der Waals surface area (Å²) in [7, 11) is 0. The maximum Gasteiger partial charge on any atom is 0.303 e. The van der Waals surface area contributed by atoms with E-state index in [0.717, 1.165) is 23.5 Å². The second kappa shape index (κ2) is 4.97. The van der Waals surface area contributed by atoms with Crippen LogP contribution in [-0.4, -0.2) is 16.1 Å². The molecule has 1 heterocycles. The van der Waals surface area contributed by atoms with Gasteiger partial charge in [-0.15, -0.1) is 11.3 Å². The average molecular weight is 199 g/mol. The number of aromatic nitrogens is 1. The Balaban J connectivity index is 2.44. The fourth-order valence-corrected chi connectivity index (χ4v) is 1.88. The Morgan fingerprint density at radius 1 is 1.62 bits per heavy atom. The van der Waals surface area contributed by atoms with Crippen LogP contribution in [0.25, 0.3) is 0 Å². The van der Waals surface area contributed by atoms with Gasteiger partial charge in [0.05, 0.1) is 17.1 Å². The van der Waals surface area contributed by atoms with Crippen LogP contribution in [-0.2, 0) is 17.6 Å². The molecule has 0 bridgehead atoms. The van der Waals surface area contributed by atoms with Crippen molar-refractivity contribution in [2.24, 2.45) is 0 Å². The maximum atomic E-state index is 10.3. The fraction of sp³-hybridized carbons (Fsp3) is 0.556. The first kappa shape index (κ1) is 10.2. The van der Waals surface area contributed by atoms with Gasteiger partial charge in [-0.1, -0.05) is 13.3 Å². The molecule has 1 aromatic rings. The predicted molar refractivity (Wildman–Crippen MR) is 52.1 cm³/mol. The summed E-state index contributed by atoms with van der Waals surface area (Å²) < 4.78 is 0. The van der Waals surface area contributed by atoms with Gasteiger partial charge in [0.2, 0.25) is 0 Å². The number of thiazole rings is 1. The van der Waals surface area contributed by atoms with Crippen LogP contribution in [0.2, 0.25) is 0 Å². The monoisotopic (exact) mass is 199 g/mol. The first-order chi connectivity index (χ1) is 6.22. The first-order valence-corrected chi connectivity index (χ1v) is 5.25. The molecule has 3 nitrogen and oxygen atoms in total. The highest BCUT2D eigenvalue weighted by Gasteiger charge is 2.03. The van der Waals surface area contributed by atoms with E-state index in [0.29, 0.717) is 6.42 Å². The Kier molecular flexibility index (Phi) is 3.89. The zero-order chi connectivity index (χ0) is 9.68. The smallest absolute Gasteiger partial charge is 0.303 e. The summed E-state index contributed by atoms with van der Waals surface area (Å²) in [6.07, 6.45) is 2.81. The molecule has 13 heavy (non-hydrogen) atoms. The van der Waals surface area contributed by atoms with E-state index in [1.54, 1.807) is 11.3 Å². The molecule has 72 valence electrons. The number of hydrogen-bond donors (Lipinski definition) is 1. The average Bonchev–Trinajstić information content (AvgIpc) is 2.50. The Morgan fingerprint density at radius 2 is 2.38 bits per heavy atom. The Bertz CT molecular complexity index is 283. The molecule has 4 heteroatoms. The number of rotatable bonds is 5. The lowest BCUT2D eigenvalue weighted by atomic mass is 10.3. The lowest BCUT2D eigenvalue weighted by Gasteiger charge is -1.91. The van der Waals surface area contributed by atoms with Crippen LogP contribution < -0.4 is 0 Å². The van der Waals surface area contributed by atoms with Gasteiger partial charge < -0.3 is 5.11 Å². The number of carboxylic acid groups (broad SMARTS) is 1. The molecule has 0 aliphatic heterocycles. The molecular formula is C9H13NO2S. The number of nitrogens with zero attached hydrogens (tertiary/aromatic N) is 1. The van der Waals surface area contributed by atoms with Crippen molar-refractivity contribution in [2.45, 2.75) is 32.6 Å². The van der Waals surface area contributed by atoms with Gasteiger partial charge in [-0.25, -0.2) is 4.98 Å². The van der Waals surface area contributed by atoms with Crippen molar-refractivity contribution < 1.29 is 9.90 Å². The van der Waals surface area contributed by atoms with Crippen molar-refractivity contribution >= 4 is 17.3 Å². The van der Waals surface area contributed by atoms with Gasteiger partial charge in [0.25, 0.3) is 0 Å². The summed E-state index contributed by atoms with van der Waals surface area (Å²) in [5.74, 6) is -0.757. The van der Waals surface area contributed by atoms with E-state index < -0.39 is 5.97 Å². The minimum atomic E-state index is -0.757. The van der Waals surface area contributed by atoms with Crippen LogP contribution in [0, 0.1) is 0 Å². The maximum absolute atomic E-state index is 10.3. The van der Waals surface area contributed by atoms with E-state index in [1.807, 2.05) is 5.38 Å². The van der Waals surface area contributed by atoms with E-state index in [9.17, 15) is 4.79 Å². The van der Waals surface area contributed by atoms with Crippen LogP contribution >= 0.6 is 11.3 Å². The number of aryl methyl sites for hydroxylation is 2. The van der Waals surface area contributed by atoms with Crippen molar-refractivity contribution in [2.75, 3.05) is 0 Å². The second-order valence-corrected chi connectivity index (χ2v) is 3.82. The van der Waals surface area contributed by atoms with E-state index in [1.165, 1.54) is 0 Å². The summed E-state index contributed by atoms with van der Waals surface area (Å²) in [6.45, 7) is 2.11. The van der Waals surface area contributed by atoms with Crippen LogP contribution in [0.3, 0.4) is 0 Å². The molecule has 0 amide bonds. The van der Waals surface area contributed by atoms with Crippen LogP contribution in [0.5, 0.6) is 0 Å². The highest BCUT2D eigenvalue weighted by Crippen LogP contribution is 2.12. The Morgan fingerprint density at radius 3 is 3.00 bits per heavy atom. The zero-order valence-corrected chi connectivity index (χ0v) is 8.43. The number of carboxylic acids is 1. The third kappa shape index (κ3) is 3.55. The minimum absolute atomic E-state index is 0.180. The molecule has 1 rings (SSSR count). The summed E-state index contributed by atoms with van der Waals surface area (Å²) in [6, 6.07) is 0. The molecular weight excluding hydrogens is 186 g/mol. The molecule has 0 aromatic carbocycles. The fourth-order valence-electron chi connectivity index (χ4n) is 1.05. The molecule has 0 aliphatic rings. The Labute approximate surface area is 81.4 Å². The van der Waals surface area contributed by atoms with Crippen LogP contribution in [0.4, 0.5) is 0 Å². The van der Waals surface area contributed by atoms with Crippen molar-refractivity contribution in [3.63, 3.8) is 0 Å². The second-order valence-electron chi connectivity index (χ2n) is 2.88. The van der Waals surface area contributed by atoms with Gasteiger partial charge in [0, 0.05) is 11.8 Å². The van der Waals surface area contributed by atoms with Crippen molar-refractivity contribution in [1.29, 1.82) is 0 Å². The van der Waals surface area contributed by atoms with Crippen LogP contribution in [0.15, 0.2) is 5.38 Å². The summed E-state index contributed by atoms with van der Waals surface area (Å²) >= 11 is 1.56. The third-order valence-corrected chi connectivity index (χ3v) is 2.62.